The average molecular weight is 267 g/mol. The molecule has 0 aliphatic rings. The predicted octanol–water partition coefficient (Wildman–Crippen LogP) is 3.71. The number of nitriles is 1. The van der Waals surface area contributed by atoms with Crippen LogP contribution >= 0.6 is 0 Å². The van der Waals surface area contributed by atoms with Crippen LogP contribution < -0.4 is 4.90 Å². The summed E-state index contributed by atoms with van der Waals surface area (Å²) in [5, 5.41) is 10.2. The van der Waals surface area contributed by atoms with Gasteiger partial charge in [0.25, 0.3) is 0 Å². The highest BCUT2D eigenvalue weighted by Gasteiger charge is 2.12. The zero-order valence-electron chi connectivity index (χ0n) is 12.5. The van der Waals surface area contributed by atoms with Crippen molar-refractivity contribution in [2.75, 3.05) is 18.0 Å². The lowest BCUT2D eigenvalue weighted by Gasteiger charge is -2.22. The van der Waals surface area contributed by atoms with Crippen LogP contribution in [0.5, 0.6) is 0 Å². The van der Waals surface area contributed by atoms with Crippen molar-refractivity contribution in [1.82, 2.24) is 4.98 Å². The molecule has 0 amide bonds. The normalized spacial score (nSPS) is 10.5. The van der Waals surface area contributed by atoms with E-state index < -0.39 is 0 Å². The number of aromatic nitrogens is 1. The first-order valence-corrected chi connectivity index (χ1v) is 7.27. The molecule has 0 atom stereocenters. The van der Waals surface area contributed by atoms with Crippen molar-refractivity contribution in [3.8, 4) is 6.07 Å². The van der Waals surface area contributed by atoms with Gasteiger partial charge in [-0.15, -0.1) is 0 Å². The molecule has 0 fully saturated rings. The van der Waals surface area contributed by atoms with Gasteiger partial charge in [0, 0.05) is 24.0 Å². The fourth-order valence-electron chi connectivity index (χ4n) is 2.49. The van der Waals surface area contributed by atoms with E-state index in [1.807, 2.05) is 0 Å². The Morgan fingerprint density at radius 1 is 1.15 bits per heavy atom. The minimum atomic E-state index is 0.408. The molecule has 0 saturated carbocycles. The number of pyridine rings is 1. The van der Waals surface area contributed by atoms with Crippen molar-refractivity contribution >= 4 is 16.7 Å². The van der Waals surface area contributed by atoms with Crippen molar-refractivity contribution in [2.45, 2.75) is 33.6 Å². The van der Waals surface area contributed by atoms with Gasteiger partial charge in [0.15, 0.2) is 0 Å². The van der Waals surface area contributed by atoms with Crippen LogP contribution in [0.3, 0.4) is 0 Å². The summed E-state index contributed by atoms with van der Waals surface area (Å²) >= 11 is 0. The van der Waals surface area contributed by atoms with Gasteiger partial charge < -0.3 is 4.90 Å². The number of rotatable bonds is 5. The van der Waals surface area contributed by atoms with Gasteiger partial charge >= 0.3 is 0 Å². The standard InChI is InChI=1S/C17H21N3/c1-4-13-7-8-16-15(11-13)12-14(9-10-18)17(19-16)20(5-2)6-3/h7-8,11-12H,4-6,9H2,1-3H3. The molecule has 0 aliphatic carbocycles. The first kappa shape index (κ1) is 14.3. The number of hydrogen-bond acceptors (Lipinski definition) is 3. The van der Waals surface area contributed by atoms with Gasteiger partial charge in [-0.1, -0.05) is 13.0 Å². The molecule has 1 aromatic heterocycles. The molecule has 1 heterocycles. The van der Waals surface area contributed by atoms with E-state index >= 15 is 0 Å². The topological polar surface area (TPSA) is 39.9 Å². The molecule has 0 bridgehead atoms. The van der Waals surface area contributed by atoms with E-state index in [2.05, 4.69) is 56.0 Å². The molecule has 0 unspecified atom stereocenters. The Balaban J connectivity index is 2.61. The SMILES string of the molecule is CCc1ccc2nc(N(CC)CC)c(CC#N)cc2c1. The summed E-state index contributed by atoms with van der Waals surface area (Å²) in [5.74, 6) is 0.952. The second-order valence-corrected chi connectivity index (χ2v) is 4.86. The maximum absolute atomic E-state index is 9.05. The molecule has 3 heteroatoms. The van der Waals surface area contributed by atoms with E-state index in [9.17, 15) is 0 Å². The molecule has 2 aromatic rings. The third kappa shape index (κ3) is 2.75. The van der Waals surface area contributed by atoms with Crippen LogP contribution in [0.4, 0.5) is 5.82 Å². The molecule has 0 N–H and O–H groups in total. The van der Waals surface area contributed by atoms with E-state index in [0.29, 0.717) is 6.42 Å². The maximum atomic E-state index is 9.05. The zero-order valence-corrected chi connectivity index (χ0v) is 12.5. The number of anilines is 1. The fraction of sp³-hybridized carbons (Fsp3) is 0.412. The summed E-state index contributed by atoms with van der Waals surface area (Å²) in [6.45, 7) is 8.19. The van der Waals surface area contributed by atoms with Crippen LogP contribution in [0.2, 0.25) is 0 Å². The Bertz CT molecular complexity index is 636. The van der Waals surface area contributed by atoms with E-state index in [1.54, 1.807) is 0 Å². The molecule has 3 nitrogen and oxygen atoms in total. The highest BCUT2D eigenvalue weighted by Crippen LogP contribution is 2.25. The molecule has 0 aliphatic heterocycles. The number of nitrogens with zero attached hydrogens (tertiary/aromatic N) is 3. The van der Waals surface area contributed by atoms with Crippen LogP contribution in [0, 0.1) is 11.3 Å². The van der Waals surface area contributed by atoms with E-state index in [1.165, 1.54) is 5.56 Å². The molecule has 0 radical (unpaired) electrons. The summed E-state index contributed by atoms with van der Waals surface area (Å²) in [4.78, 5) is 6.99. The van der Waals surface area contributed by atoms with E-state index in [0.717, 1.165) is 41.8 Å². The molecule has 104 valence electrons. The molecule has 2 rings (SSSR count). The molecule has 0 saturated heterocycles. The Kier molecular flexibility index (Phi) is 4.57. The van der Waals surface area contributed by atoms with Crippen molar-refractivity contribution in [2.24, 2.45) is 0 Å². The summed E-state index contributed by atoms with van der Waals surface area (Å²) in [7, 11) is 0. The predicted molar refractivity (Wildman–Crippen MR) is 84.0 cm³/mol. The first-order chi connectivity index (χ1) is 9.73. The van der Waals surface area contributed by atoms with E-state index in [-0.39, 0.29) is 0 Å². The summed E-state index contributed by atoms with van der Waals surface area (Å²) in [5.41, 5.74) is 3.33. The molecular formula is C17H21N3. The van der Waals surface area contributed by atoms with Crippen LogP contribution in [0.1, 0.15) is 31.9 Å². The first-order valence-electron chi connectivity index (χ1n) is 7.27. The van der Waals surface area contributed by atoms with Gasteiger partial charge in [0.2, 0.25) is 0 Å². The van der Waals surface area contributed by atoms with Gasteiger partial charge in [0.05, 0.1) is 18.0 Å². The average Bonchev–Trinajstić information content (AvgIpc) is 2.48. The van der Waals surface area contributed by atoms with Crippen LogP contribution in [-0.4, -0.2) is 18.1 Å². The van der Waals surface area contributed by atoms with Crippen LogP contribution in [-0.2, 0) is 12.8 Å². The molecular weight excluding hydrogens is 246 g/mol. The van der Waals surface area contributed by atoms with Gasteiger partial charge in [0.1, 0.15) is 5.82 Å². The van der Waals surface area contributed by atoms with Crippen molar-refractivity contribution in [3.63, 3.8) is 0 Å². The van der Waals surface area contributed by atoms with Gasteiger partial charge in [-0.25, -0.2) is 4.98 Å². The van der Waals surface area contributed by atoms with Crippen LogP contribution in [0.15, 0.2) is 24.3 Å². The van der Waals surface area contributed by atoms with Crippen molar-refractivity contribution in [1.29, 1.82) is 5.26 Å². The second kappa shape index (κ2) is 6.38. The highest BCUT2D eigenvalue weighted by molar-refractivity contribution is 5.82. The minimum Gasteiger partial charge on any atom is -0.357 e. The number of aryl methyl sites for hydroxylation is 1. The van der Waals surface area contributed by atoms with E-state index in [4.69, 9.17) is 10.2 Å². The van der Waals surface area contributed by atoms with Crippen molar-refractivity contribution < 1.29 is 0 Å². The van der Waals surface area contributed by atoms with Crippen molar-refractivity contribution in [3.05, 3.63) is 35.4 Å². The number of fused-ring (bicyclic) bond motifs is 1. The number of hydrogen-bond donors (Lipinski definition) is 0. The Morgan fingerprint density at radius 3 is 2.50 bits per heavy atom. The molecule has 1 aromatic carbocycles. The monoisotopic (exact) mass is 267 g/mol. The Morgan fingerprint density at radius 2 is 1.90 bits per heavy atom. The smallest absolute Gasteiger partial charge is 0.133 e. The lowest BCUT2D eigenvalue weighted by molar-refractivity contribution is 0.841. The second-order valence-electron chi connectivity index (χ2n) is 4.86. The summed E-state index contributed by atoms with van der Waals surface area (Å²) in [6, 6.07) is 10.8. The maximum Gasteiger partial charge on any atom is 0.133 e. The lowest BCUT2D eigenvalue weighted by Crippen LogP contribution is -2.24. The minimum absolute atomic E-state index is 0.408. The number of benzene rings is 1. The molecule has 0 spiro atoms. The third-order valence-electron chi connectivity index (χ3n) is 3.68. The fourth-order valence-corrected chi connectivity index (χ4v) is 2.49. The van der Waals surface area contributed by atoms with Gasteiger partial charge in [-0.2, -0.15) is 5.26 Å². The zero-order chi connectivity index (χ0) is 14.5. The largest absolute Gasteiger partial charge is 0.357 e. The molecule has 20 heavy (non-hydrogen) atoms. The van der Waals surface area contributed by atoms with Crippen LogP contribution in [0.25, 0.3) is 10.9 Å². The lowest BCUT2D eigenvalue weighted by atomic mass is 10.1. The summed E-state index contributed by atoms with van der Waals surface area (Å²) in [6.07, 6.45) is 1.42. The highest BCUT2D eigenvalue weighted by atomic mass is 15.2. The third-order valence-corrected chi connectivity index (χ3v) is 3.68. The van der Waals surface area contributed by atoms with Gasteiger partial charge in [-0.05, 0) is 44.0 Å². The summed E-state index contributed by atoms with van der Waals surface area (Å²) < 4.78 is 0. The quantitative estimate of drug-likeness (QED) is 0.829. The Hall–Kier alpha value is -2.08. The Labute approximate surface area is 120 Å². The van der Waals surface area contributed by atoms with Gasteiger partial charge in [-0.3, -0.25) is 0 Å².